The van der Waals surface area contributed by atoms with Crippen LogP contribution in [0.15, 0.2) is 22.7 Å². The van der Waals surface area contributed by atoms with Crippen molar-refractivity contribution in [2.45, 2.75) is 32.2 Å². The molecule has 0 amide bonds. The van der Waals surface area contributed by atoms with Gasteiger partial charge in [0, 0.05) is 11.0 Å². The van der Waals surface area contributed by atoms with Gasteiger partial charge in [-0.25, -0.2) is 4.39 Å². The van der Waals surface area contributed by atoms with Gasteiger partial charge in [0.2, 0.25) is 0 Å². The minimum Gasteiger partial charge on any atom is -0.312 e. The summed E-state index contributed by atoms with van der Waals surface area (Å²) in [5.74, 6) is 0.658. The molecule has 88 valence electrons. The third kappa shape index (κ3) is 3.29. The second-order valence-electron chi connectivity index (χ2n) is 4.52. The van der Waals surface area contributed by atoms with E-state index in [2.05, 4.69) is 21.2 Å². The number of hydrogen-bond donors (Lipinski definition) is 1. The highest BCUT2D eigenvalue weighted by Crippen LogP contribution is 2.24. The largest absolute Gasteiger partial charge is 0.312 e. The number of benzene rings is 1. The van der Waals surface area contributed by atoms with Crippen molar-refractivity contribution >= 4 is 15.9 Å². The fourth-order valence-corrected chi connectivity index (χ4v) is 2.78. The lowest BCUT2D eigenvalue weighted by Gasteiger charge is -2.11. The lowest BCUT2D eigenvalue weighted by molar-refractivity contribution is 0.489. The first-order valence-electron chi connectivity index (χ1n) is 5.90. The summed E-state index contributed by atoms with van der Waals surface area (Å²) in [6, 6.07) is 4.87. The van der Waals surface area contributed by atoms with Crippen LogP contribution >= 0.6 is 15.9 Å². The Morgan fingerprint density at radius 1 is 1.31 bits per heavy atom. The van der Waals surface area contributed by atoms with Crippen molar-refractivity contribution in [2.75, 3.05) is 6.54 Å². The van der Waals surface area contributed by atoms with E-state index in [1.54, 1.807) is 0 Å². The lowest BCUT2D eigenvalue weighted by Crippen LogP contribution is -2.20. The Morgan fingerprint density at radius 3 is 2.75 bits per heavy atom. The molecule has 1 fully saturated rings. The summed E-state index contributed by atoms with van der Waals surface area (Å²) in [4.78, 5) is 0. The summed E-state index contributed by atoms with van der Waals surface area (Å²) in [7, 11) is 0. The summed E-state index contributed by atoms with van der Waals surface area (Å²) in [5.41, 5.74) is 1.12. The van der Waals surface area contributed by atoms with E-state index in [4.69, 9.17) is 0 Å². The molecule has 0 bridgehead atoms. The van der Waals surface area contributed by atoms with Gasteiger partial charge in [0.05, 0.1) is 0 Å². The van der Waals surface area contributed by atoms with Crippen LogP contribution in [0.4, 0.5) is 4.39 Å². The molecule has 0 atom stereocenters. The van der Waals surface area contributed by atoms with Gasteiger partial charge in [0.15, 0.2) is 0 Å². The van der Waals surface area contributed by atoms with E-state index in [1.807, 2.05) is 6.07 Å². The molecule has 0 spiro atoms. The first-order valence-corrected chi connectivity index (χ1v) is 6.69. The van der Waals surface area contributed by atoms with Crippen LogP contribution in [0.1, 0.15) is 31.2 Å². The van der Waals surface area contributed by atoms with Crippen LogP contribution < -0.4 is 5.32 Å². The Kier molecular flexibility index (Phi) is 4.36. The highest BCUT2D eigenvalue weighted by atomic mass is 79.9. The molecule has 0 aliphatic heterocycles. The van der Waals surface area contributed by atoms with E-state index in [0.717, 1.165) is 29.0 Å². The fourth-order valence-electron chi connectivity index (χ4n) is 2.29. The molecule has 0 aromatic heterocycles. The summed E-state index contributed by atoms with van der Waals surface area (Å²) >= 11 is 3.38. The van der Waals surface area contributed by atoms with E-state index in [-0.39, 0.29) is 5.82 Å². The maximum Gasteiger partial charge on any atom is 0.124 e. The van der Waals surface area contributed by atoms with Gasteiger partial charge in [-0.1, -0.05) is 34.8 Å². The van der Waals surface area contributed by atoms with E-state index in [0.29, 0.717) is 0 Å². The molecular weight excluding hydrogens is 269 g/mol. The van der Waals surface area contributed by atoms with Crippen molar-refractivity contribution in [3.05, 3.63) is 34.1 Å². The SMILES string of the molecule is Fc1ccc(CNCC2CCCC2)c(Br)c1. The normalized spacial score (nSPS) is 16.9. The van der Waals surface area contributed by atoms with Crippen LogP contribution in [0.25, 0.3) is 0 Å². The van der Waals surface area contributed by atoms with Crippen molar-refractivity contribution in [3.63, 3.8) is 0 Å². The van der Waals surface area contributed by atoms with E-state index >= 15 is 0 Å². The van der Waals surface area contributed by atoms with Gasteiger partial charge >= 0.3 is 0 Å². The standard InChI is InChI=1S/C13H17BrFN/c14-13-7-12(15)6-5-11(13)9-16-8-10-3-1-2-4-10/h5-7,10,16H,1-4,8-9H2. The molecule has 1 aromatic rings. The summed E-state index contributed by atoms with van der Waals surface area (Å²) in [5, 5.41) is 3.45. The zero-order valence-electron chi connectivity index (χ0n) is 9.31. The first kappa shape index (κ1) is 12.1. The second-order valence-corrected chi connectivity index (χ2v) is 5.37. The monoisotopic (exact) mass is 285 g/mol. The maximum atomic E-state index is 12.9. The van der Waals surface area contributed by atoms with Crippen molar-refractivity contribution < 1.29 is 4.39 Å². The molecule has 1 aliphatic carbocycles. The number of hydrogen-bond acceptors (Lipinski definition) is 1. The average Bonchev–Trinajstić information content (AvgIpc) is 2.74. The molecule has 1 N–H and O–H groups in total. The van der Waals surface area contributed by atoms with Gasteiger partial charge in [-0.05, 0) is 43.0 Å². The molecule has 1 aliphatic rings. The predicted molar refractivity (Wildman–Crippen MR) is 67.8 cm³/mol. The van der Waals surface area contributed by atoms with E-state index in [1.165, 1.54) is 37.8 Å². The maximum absolute atomic E-state index is 12.9. The summed E-state index contributed by atoms with van der Waals surface area (Å²) in [6.45, 7) is 1.90. The van der Waals surface area contributed by atoms with Gasteiger partial charge < -0.3 is 5.32 Å². The van der Waals surface area contributed by atoms with Gasteiger partial charge in [-0.3, -0.25) is 0 Å². The third-order valence-electron chi connectivity index (χ3n) is 3.24. The highest BCUT2D eigenvalue weighted by molar-refractivity contribution is 9.10. The van der Waals surface area contributed by atoms with Crippen LogP contribution in [-0.4, -0.2) is 6.54 Å². The van der Waals surface area contributed by atoms with Gasteiger partial charge in [0.25, 0.3) is 0 Å². The molecular formula is C13H17BrFN. The molecule has 3 heteroatoms. The Labute approximate surface area is 105 Å². The van der Waals surface area contributed by atoms with Crippen molar-refractivity contribution in [3.8, 4) is 0 Å². The fraction of sp³-hybridized carbons (Fsp3) is 0.538. The molecule has 0 saturated heterocycles. The van der Waals surface area contributed by atoms with Crippen molar-refractivity contribution in [2.24, 2.45) is 5.92 Å². The Hall–Kier alpha value is -0.410. The zero-order valence-corrected chi connectivity index (χ0v) is 10.9. The summed E-state index contributed by atoms with van der Waals surface area (Å²) < 4.78 is 13.7. The summed E-state index contributed by atoms with van der Waals surface area (Å²) in [6.07, 6.45) is 5.48. The molecule has 2 rings (SSSR count). The molecule has 0 radical (unpaired) electrons. The van der Waals surface area contributed by atoms with Gasteiger partial charge in [0.1, 0.15) is 5.82 Å². The molecule has 0 heterocycles. The van der Waals surface area contributed by atoms with Crippen LogP contribution in [0.2, 0.25) is 0 Å². The minimum atomic E-state index is -0.189. The van der Waals surface area contributed by atoms with Crippen molar-refractivity contribution in [1.29, 1.82) is 0 Å². The molecule has 1 saturated carbocycles. The topological polar surface area (TPSA) is 12.0 Å². The number of halogens is 2. The first-order chi connectivity index (χ1) is 7.75. The predicted octanol–water partition coefficient (Wildman–Crippen LogP) is 3.87. The van der Waals surface area contributed by atoms with Crippen LogP contribution in [0.3, 0.4) is 0 Å². The molecule has 1 nitrogen and oxygen atoms in total. The Morgan fingerprint density at radius 2 is 2.06 bits per heavy atom. The lowest BCUT2D eigenvalue weighted by atomic mass is 10.1. The van der Waals surface area contributed by atoms with Gasteiger partial charge in [-0.2, -0.15) is 0 Å². The van der Waals surface area contributed by atoms with Crippen molar-refractivity contribution in [1.82, 2.24) is 5.32 Å². The number of nitrogens with one attached hydrogen (secondary N) is 1. The highest BCUT2D eigenvalue weighted by Gasteiger charge is 2.14. The van der Waals surface area contributed by atoms with Crippen LogP contribution in [-0.2, 0) is 6.54 Å². The number of rotatable bonds is 4. The molecule has 1 aromatic carbocycles. The quantitative estimate of drug-likeness (QED) is 0.886. The molecule has 0 unspecified atom stereocenters. The molecule has 16 heavy (non-hydrogen) atoms. The smallest absolute Gasteiger partial charge is 0.124 e. The third-order valence-corrected chi connectivity index (χ3v) is 3.98. The Balaban J connectivity index is 1.80. The minimum absolute atomic E-state index is 0.189. The van der Waals surface area contributed by atoms with E-state index < -0.39 is 0 Å². The van der Waals surface area contributed by atoms with Gasteiger partial charge in [-0.15, -0.1) is 0 Å². The Bertz CT molecular complexity index is 348. The second kappa shape index (κ2) is 5.78. The average molecular weight is 286 g/mol. The van der Waals surface area contributed by atoms with Crippen LogP contribution in [0, 0.1) is 11.7 Å². The van der Waals surface area contributed by atoms with E-state index in [9.17, 15) is 4.39 Å². The zero-order chi connectivity index (χ0) is 11.4. The van der Waals surface area contributed by atoms with Crippen LogP contribution in [0.5, 0.6) is 0 Å².